The lowest BCUT2D eigenvalue weighted by Crippen LogP contribution is -2.13. The van der Waals surface area contributed by atoms with Crippen molar-refractivity contribution in [2.75, 3.05) is 6.61 Å². The fourth-order valence-electron chi connectivity index (χ4n) is 1.74. The van der Waals surface area contributed by atoms with E-state index < -0.39 is 5.82 Å². The minimum Gasteiger partial charge on any atom is -0.485 e. The molecule has 0 saturated heterocycles. The van der Waals surface area contributed by atoms with E-state index in [1.165, 1.54) is 17.7 Å². The standard InChI is InChI=1S/C16H15FO2/c1-2-12-7-9-13(10-8-12)19-11-16(18)14-5-3-4-6-15(14)17/h3-10H,2,11H2,1H3. The summed E-state index contributed by atoms with van der Waals surface area (Å²) in [5.41, 5.74) is 1.26. The molecule has 2 nitrogen and oxygen atoms in total. The Labute approximate surface area is 111 Å². The molecule has 0 saturated carbocycles. The average molecular weight is 258 g/mol. The van der Waals surface area contributed by atoms with Crippen molar-refractivity contribution in [1.29, 1.82) is 0 Å². The quantitative estimate of drug-likeness (QED) is 0.765. The summed E-state index contributed by atoms with van der Waals surface area (Å²) in [6.45, 7) is 1.91. The molecule has 0 amide bonds. The van der Waals surface area contributed by atoms with Gasteiger partial charge < -0.3 is 4.74 Å². The Morgan fingerprint density at radius 1 is 1.11 bits per heavy atom. The molecule has 2 aromatic carbocycles. The topological polar surface area (TPSA) is 26.3 Å². The zero-order valence-corrected chi connectivity index (χ0v) is 10.7. The summed E-state index contributed by atoms with van der Waals surface area (Å²) in [5.74, 6) is -0.267. The summed E-state index contributed by atoms with van der Waals surface area (Å²) in [4.78, 5) is 11.8. The molecule has 2 rings (SSSR count). The first-order chi connectivity index (χ1) is 9.20. The number of Topliss-reactive ketones (excluding diaryl/α,β-unsaturated/α-hetero) is 1. The van der Waals surface area contributed by atoms with Gasteiger partial charge in [-0.2, -0.15) is 0 Å². The summed E-state index contributed by atoms with van der Waals surface area (Å²) in [6.07, 6.45) is 0.953. The van der Waals surface area contributed by atoms with Gasteiger partial charge in [0.15, 0.2) is 6.61 Å². The number of halogens is 1. The van der Waals surface area contributed by atoms with Crippen LogP contribution in [0.5, 0.6) is 5.75 Å². The number of aryl methyl sites for hydroxylation is 1. The Bertz CT molecular complexity index is 561. The maximum Gasteiger partial charge on any atom is 0.203 e. The molecule has 0 unspecified atom stereocenters. The zero-order valence-electron chi connectivity index (χ0n) is 10.7. The molecule has 0 spiro atoms. The molecular formula is C16H15FO2. The summed E-state index contributed by atoms with van der Waals surface area (Å²) in [5, 5.41) is 0. The SMILES string of the molecule is CCc1ccc(OCC(=O)c2ccccc2F)cc1. The van der Waals surface area contributed by atoms with Gasteiger partial charge in [0, 0.05) is 0 Å². The number of hydrogen-bond acceptors (Lipinski definition) is 2. The van der Waals surface area contributed by atoms with Crippen LogP contribution in [0.4, 0.5) is 4.39 Å². The molecule has 0 bridgehead atoms. The molecule has 3 heteroatoms. The molecule has 0 heterocycles. The number of benzene rings is 2. The third kappa shape index (κ3) is 3.41. The van der Waals surface area contributed by atoms with E-state index in [9.17, 15) is 9.18 Å². The average Bonchev–Trinajstić information content (AvgIpc) is 2.46. The Hall–Kier alpha value is -2.16. The maximum atomic E-state index is 13.4. The molecule has 2 aromatic rings. The highest BCUT2D eigenvalue weighted by molar-refractivity contribution is 5.97. The highest BCUT2D eigenvalue weighted by Crippen LogP contribution is 2.14. The van der Waals surface area contributed by atoms with Crippen LogP contribution in [-0.4, -0.2) is 12.4 Å². The highest BCUT2D eigenvalue weighted by Gasteiger charge is 2.11. The zero-order chi connectivity index (χ0) is 13.7. The maximum absolute atomic E-state index is 13.4. The van der Waals surface area contributed by atoms with Gasteiger partial charge in [-0.15, -0.1) is 0 Å². The Morgan fingerprint density at radius 3 is 2.42 bits per heavy atom. The van der Waals surface area contributed by atoms with E-state index in [1.54, 1.807) is 12.1 Å². The molecule has 98 valence electrons. The van der Waals surface area contributed by atoms with Crippen LogP contribution in [-0.2, 0) is 6.42 Å². The lowest BCUT2D eigenvalue weighted by atomic mass is 10.1. The number of ketones is 1. The molecule has 0 fully saturated rings. The van der Waals surface area contributed by atoms with Crippen LogP contribution >= 0.6 is 0 Å². The lowest BCUT2D eigenvalue weighted by molar-refractivity contribution is 0.0917. The van der Waals surface area contributed by atoms with E-state index in [4.69, 9.17) is 4.74 Å². The van der Waals surface area contributed by atoms with Crippen LogP contribution in [0.3, 0.4) is 0 Å². The van der Waals surface area contributed by atoms with Gasteiger partial charge in [0.25, 0.3) is 0 Å². The summed E-state index contributed by atoms with van der Waals surface area (Å²) < 4.78 is 18.7. The van der Waals surface area contributed by atoms with Gasteiger partial charge in [0.2, 0.25) is 5.78 Å². The molecule has 0 aliphatic carbocycles. The first-order valence-corrected chi connectivity index (χ1v) is 6.20. The molecule has 0 radical (unpaired) electrons. The van der Waals surface area contributed by atoms with Gasteiger partial charge in [0.1, 0.15) is 11.6 Å². The molecular weight excluding hydrogens is 243 g/mol. The van der Waals surface area contributed by atoms with Crippen LogP contribution in [0.25, 0.3) is 0 Å². The second-order valence-corrected chi connectivity index (χ2v) is 4.19. The monoisotopic (exact) mass is 258 g/mol. The fraction of sp³-hybridized carbons (Fsp3) is 0.188. The smallest absolute Gasteiger partial charge is 0.203 e. The fourth-order valence-corrected chi connectivity index (χ4v) is 1.74. The van der Waals surface area contributed by atoms with Crippen LogP contribution in [0.1, 0.15) is 22.8 Å². The van der Waals surface area contributed by atoms with E-state index in [0.717, 1.165) is 6.42 Å². The van der Waals surface area contributed by atoms with Crippen LogP contribution in [0.2, 0.25) is 0 Å². The van der Waals surface area contributed by atoms with Crippen molar-refractivity contribution in [2.45, 2.75) is 13.3 Å². The van der Waals surface area contributed by atoms with E-state index in [-0.39, 0.29) is 18.0 Å². The van der Waals surface area contributed by atoms with Crippen molar-refractivity contribution in [1.82, 2.24) is 0 Å². The Kier molecular flexibility index (Phi) is 4.29. The summed E-state index contributed by atoms with van der Waals surface area (Å²) in [7, 11) is 0. The first kappa shape index (κ1) is 13.3. The van der Waals surface area contributed by atoms with Gasteiger partial charge >= 0.3 is 0 Å². The molecule has 0 atom stereocenters. The van der Waals surface area contributed by atoms with Crippen LogP contribution < -0.4 is 4.74 Å². The highest BCUT2D eigenvalue weighted by atomic mass is 19.1. The van der Waals surface area contributed by atoms with Gasteiger partial charge in [-0.1, -0.05) is 31.2 Å². The van der Waals surface area contributed by atoms with Crippen molar-refractivity contribution in [2.24, 2.45) is 0 Å². The van der Waals surface area contributed by atoms with Crippen molar-refractivity contribution in [3.05, 3.63) is 65.5 Å². The van der Waals surface area contributed by atoms with Crippen LogP contribution in [0, 0.1) is 5.82 Å². The molecule has 0 N–H and O–H groups in total. The van der Waals surface area contributed by atoms with Crippen molar-refractivity contribution < 1.29 is 13.9 Å². The third-order valence-corrected chi connectivity index (χ3v) is 2.88. The minimum atomic E-state index is -0.516. The minimum absolute atomic E-state index is 0.0627. The number of ether oxygens (including phenoxy) is 1. The van der Waals surface area contributed by atoms with Crippen molar-refractivity contribution in [3.63, 3.8) is 0 Å². The van der Waals surface area contributed by atoms with Crippen molar-refractivity contribution in [3.8, 4) is 5.75 Å². The molecule has 19 heavy (non-hydrogen) atoms. The molecule has 0 aliphatic heterocycles. The van der Waals surface area contributed by atoms with Gasteiger partial charge in [-0.05, 0) is 36.2 Å². The van der Waals surface area contributed by atoms with E-state index >= 15 is 0 Å². The number of carbonyl (C=O) groups is 1. The number of rotatable bonds is 5. The number of carbonyl (C=O) groups excluding carboxylic acids is 1. The number of hydrogen-bond donors (Lipinski definition) is 0. The first-order valence-electron chi connectivity index (χ1n) is 6.20. The molecule has 0 aliphatic rings. The van der Waals surface area contributed by atoms with Crippen LogP contribution in [0.15, 0.2) is 48.5 Å². The Morgan fingerprint density at radius 2 is 1.79 bits per heavy atom. The summed E-state index contributed by atoms with van der Waals surface area (Å²) >= 11 is 0. The van der Waals surface area contributed by atoms with Gasteiger partial charge in [-0.3, -0.25) is 4.79 Å². The van der Waals surface area contributed by atoms with Crippen molar-refractivity contribution >= 4 is 5.78 Å². The largest absolute Gasteiger partial charge is 0.485 e. The van der Waals surface area contributed by atoms with Gasteiger partial charge in [-0.25, -0.2) is 4.39 Å². The van der Waals surface area contributed by atoms with Gasteiger partial charge in [0.05, 0.1) is 5.56 Å². The second-order valence-electron chi connectivity index (χ2n) is 4.19. The predicted octanol–water partition coefficient (Wildman–Crippen LogP) is 3.65. The van der Waals surface area contributed by atoms with E-state index in [2.05, 4.69) is 6.92 Å². The predicted molar refractivity (Wildman–Crippen MR) is 72.0 cm³/mol. The van der Waals surface area contributed by atoms with E-state index in [0.29, 0.717) is 5.75 Å². The second kappa shape index (κ2) is 6.14. The third-order valence-electron chi connectivity index (χ3n) is 2.88. The Balaban J connectivity index is 1.98. The summed E-state index contributed by atoms with van der Waals surface area (Å²) in [6, 6.07) is 13.4. The molecule has 0 aromatic heterocycles. The lowest BCUT2D eigenvalue weighted by Gasteiger charge is -2.06. The normalized spacial score (nSPS) is 10.2. The van der Waals surface area contributed by atoms with E-state index in [1.807, 2.05) is 24.3 Å².